The maximum absolute atomic E-state index is 11.4. The predicted octanol–water partition coefficient (Wildman–Crippen LogP) is 5.74. The molecule has 0 radical (unpaired) electrons. The highest BCUT2D eigenvalue weighted by atomic mass is 16.4. The van der Waals surface area contributed by atoms with Gasteiger partial charge >= 0.3 is 5.97 Å². The van der Waals surface area contributed by atoms with Gasteiger partial charge in [-0.3, -0.25) is 0 Å². The number of nitrogens with zero attached hydrogens (tertiary/aromatic N) is 3. The van der Waals surface area contributed by atoms with Crippen LogP contribution in [-0.4, -0.2) is 20.6 Å². The first-order valence-electron chi connectivity index (χ1n) is 10.3. The lowest BCUT2D eigenvalue weighted by Crippen LogP contribution is -2.29. The van der Waals surface area contributed by atoms with E-state index in [1.165, 1.54) is 6.42 Å². The van der Waals surface area contributed by atoms with Crippen LogP contribution >= 0.6 is 0 Å². The highest BCUT2D eigenvalue weighted by Crippen LogP contribution is 2.46. The van der Waals surface area contributed by atoms with Crippen molar-refractivity contribution in [3.8, 4) is 6.07 Å². The van der Waals surface area contributed by atoms with Gasteiger partial charge in [0, 0.05) is 11.7 Å². The van der Waals surface area contributed by atoms with Crippen LogP contribution in [0.15, 0.2) is 42.5 Å². The molecule has 1 aliphatic rings. The summed E-state index contributed by atoms with van der Waals surface area (Å²) >= 11 is 0. The van der Waals surface area contributed by atoms with Crippen molar-refractivity contribution in [3.05, 3.63) is 53.6 Å². The molecule has 0 amide bonds. The number of carboxylic acids is 1. The Kier molecular flexibility index (Phi) is 4.98. The van der Waals surface area contributed by atoms with Gasteiger partial charge in [0.25, 0.3) is 0 Å². The van der Waals surface area contributed by atoms with Gasteiger partial charge < -0.3 is 15.0 Å². The number of anilines is 2. The molecule has 1 heterocycles. The molecule has 1 aliphatic carbocycles. The fraction of sp³-hybridized carbons (Fsp3) is 0.375. The molecular weight excluding hydrogens is 376 g/mol. The van der Waals surface area contributed by atoms with Gasteiger partial charge in [0.05, 0.1) is 28.2 Å². The Morgan fingerprint density at radius 3 is 2.60 bits per heavy atom. The van der Waals surface area contributed by atoms with E-state index in [-0.39, 0.29) is 17.0 Å². The highest BCUT2D eigenvalue weighted by Gasteiger charge is 2.34. The third kappa shape index (κ3) is 3.88. The van der Waals surface area contributed by atoms with Crippen LogP contribution in [0, 0.1) is 22.7 Å². The largest absolute Gasteiger partial charge is 0.478 e. The molecule has 4 rings (SSSR count). The summed E-state index contributed by atoms with van der Waals surface area (Å²) in [7, 11) is 0. The van der Waals surface area contributed by atoms with Gasteiger partial charge in [-0.25, -0.2) is 9.78 Å². The normalized spacial score (nSPS) is 20.6. The van der Waals surface area contributed by atoms with Crippen LogP contribution in [0.2, 0.25) is 0 Å². The van der Waals surface area contributed by atoms with E-state index >= 15 is 0 Å². The van der Waals surface area contributed by atoms with Crippen molar-refractivity contribution in [1.29, 1.82) is 5.26 Å². The molecule has 1 aromatic heterocycles. The summed E-state index contributed by atoms with van der Waals surface area (Å²) in [6, 6.07) is 14.8. The fourth-order valence-corrected chi connectivity index (χ4v) is 4.94. The molecule has 3 aromatic rings. The molecule has 1 fully saturated rings. The number of imidazole rings is 1. The second kappa shape index (κ2) is 7.49. The number of fused-ring (bicyclic) bond motifs is 1. The van der Waals surface area contributed by atoms with E-state index in [9.17, 15) is 9.90 Å². The van der Waals surface area contributed by atoms with Crippen molar-refractivity contribution in [2.24, 2.45) is 11.3 Å². The van der Waals surface area contributed by atoms with Crippen molar-refractivity contribution >= 4 is 28.6 Å². The smallest absolute Gasteiger partial charge is 0.335 e. The molecule has 0 bridgehead atoms. The summed E-state index contributed by atoms with van der Waals surface area (Å²) in [6.45, 7) is 6.92. The second-order valence-electron chi connectivity index (χ2n) is 9.20. The molecule has 6 nitrogen and oxygen atoms in total. The first kappa shape index (κ1) is 20.0. The standard InChI is InChI=1S/C24H26N4O2/c1-15-10-19(13-24(2,3)12-15)28-21-9-6-17(22(29)30)11-20(21)27-23(28)26-18-7-4-16(14-25)5-8-18/h4-9,11,15,19H,10,12-13H2,1-3H3,(H,26,27)(H,29,30)/t15-,19+/m1/s1. The number of aromatic nitrogens is 2. The minimum atomic E-state index is -0.958. The number of benzene rings is 2. The van der Waals surface area contributed by atoms with E-state index in [4.69, 9.17) is 10.2 Å². The van der Waals surface area contributed by atoms with Crippen LogP contribution in [0.3, 0.4) is 0 Å². The fourth-order valence-electron chi connectivity index (χ4n) is 4.94. The number of carboxylic acid groups (broad SMARTS) is 1. The van der Waals surface area contributed by atoms with E-state index in [0.717, 1.165) is 24.0 Å². The quantitative estimate of drug-likeness (QED) is 0.581. The Morgan fingerprint density at radius 2 is 1.97 bits per heavy atom. The zero-order valence-electron chi connectivity index (χ0n) is 17.5. The number of rotatable bonds is 4. The summed E-state index contributed by atoms with van der Waals surface area (Å²) in [4.78, 5) is 16.2. The molecule has 154 valence electrons. The lowest BCUT2D eigenvalue weighted by molar-refractivity contribution is 0.0697. The maximum atomic E-state index is 11.4. The topological polar surface area (TPSA) is 90.9 Å². The van der Waals surface area contributed by atoms with Gasteiger partial charge in [0.1, 0.15) is 0 Å². The van der Waals surface area contributed by atoms with Gasteiger partial charge in [-0.1, -0.05) is 20.8 Å². The first-order valence-corrected chi connectivity index (χ1v) is 10.3. The predicted molar refractivity (Wildman–Crippen MR) is 117 cm³/mol. The molecule has 30 heavy (non-hydrogen) atoms. The van der Waals surface area contributed by atoms with E-state index in [0.29, 0.717) is 22.9 Å². The van der Waals surface area contributed by atoms with E-state index in [1.54, 1.807) is 24.3 Å². The molecular formula is C24H26N4O2. The zero-order chi connectivity index (χ0) is 21.5. The third-order valence-electron chi connectivity index (χ3n) is 5.94. The van der Waals surface area contributed by atoms with Gasteiger partial charge in [0.15, 0.2) is 0 Å². The van der Waals surface area contributed by atoms with Gasteiger partial charge in [-0.05, 0) is 73.1 Å². The Balaban J connectivity index is 1.81. The van der Waals surface area contributed by atoms with Gasteiger partial charge in [0.2, 0.25) is 5.95 Å². The summed E-state index contributed by atoms with van der Waals surface area (Å²) in [6.07, 6.45) is 3.28. The minimum absolute atomic E-state index is 0.228. The first-order chi connectivity index (χ1) is 14.3. The van der Waals surface area contributed by atoms with Crippen LogP contribution in [0.5, 0.6) is 0 Å². The third-order valence-corrected chi connectivity index (χ3v) is 5.94. The number of carbonyl (C=O) groups is 1. The summed E-state index contributed by atoms with van der Waals surface area (Å²) in [5, 5.41) is 21.8. The Morgan fingerprint density at radius 1 is 1.23 bits per heavy atom. The van der Waals surface area contributed by atoms with Crippen LogP contribution in [0.25, 0.3) is 11.0 Å². The molecule has 6 heteroatoms. The number of hydrogen-bond acceptors (Lipinski definition) is 4. The van der Waals surface area contributed by atoms with Crippen LogP contribution < -0.4 is 5.32 Å². The lowest BCUT2D eigenvalue weighted by atomic mass is 9.70. The molecule has 0 aliphatic heterocycles. The molecule has 0 saturated heterocycles. The van der Waals surface area contributed by atoms with Crippen LogP contribution in [0.1, 0.15) is 62.0 Å². The van der Waals surface area contributed by atoms with Crippen molar-refractivity contribution in [2.75, 3.05) is 5.32 Å². The van der Waals surface area contributed by atoms with Gasteiger partial charge in [-0.2, -0.15) is 5.26 Å². The van der Waals surface area contributed by atoms with Crippen LogP contribution in [0.4, 0.5) is 11.6 Å². The van der Waals surface area contributed by atoms with E-state index < -0.39 is 5.97 Å². The molecule has 2 aromatic carbocycles. The summed E-state index contributed by atoms with van der Waals surface area (Å²) < 4.78 is 2.23. The summed E-state index contributed by atoms with van der Waals surface area (Å²) in [5.74, 6) is 0.338. The number of nitriles is 1. The molecule has 1 saturated carbocycles. The van der Waals surface area contributed by atoms with E-state index in [2.05, 4.69) is 36.7 Å². The SMILES string of the molecule is C[C@@H]1C[C@H](n2c(Nc3ccc(C#N)cc3)nc3cc(C(=O)O)ccc32)CC(C)(C)C1. The molecule has 2 atom stereocenters. The highest BCUT2D eigenvalue weighted by molar-refractivity contribution is 5.93. The van der Waals surface area contributed by atoms with Crippen molar-refractivity contribution in [3.63, 3.8) is 0 Å². The summed E-state index contributed by atoms with van der Waals surface area (Å²) in [5.41, 5.74) is 3.50. The monoisotopic (exact) mass is 402 g/mol. The Labute approximate surface area is 176 Å². The van der Waals surface area contributed by atoms with Crippen molar-refractivity contribution < 1.29 is 9.90 Å². The van der Waals surface area contributed by atoms with Crippen molar-refractivity contribution in [1.82, 2.24) is 9.55 Å². The molecule has 0 spiro atoms. The Bertz CT molecular complexity index is 1140. The molecule has 2 N–H and O–H groups in total. The number of hydrogen-bond donors (Lipinski definition) is 2. The lowest BCUT2D eigenvalue weighted by Gasteiger charge is -2.40. The minimum Gasteiger partial charge on any atom is -0.478 e. The maximum Gasteiger partial charge on any atom is 0.335 e. The van der Waals surface area contributed by atoms with Crippen molar-refractivity contribution in [2.45, 2.75) is 46.1 Å². The van der Waals surface area contributed by atoms with E-state index in [1.807, 2.05) is 18.2 Å². The average molecular weight is 402 g/mol. The Hall–Kier alpha value is -3.33. The second-order valence-corrected chi connectivity index (χ2v) is 9.20. The number of nitrogens with one attached hydrogen (secondary N) is 1. The molecule has 0 unspecified atom stereocenters. The average Bonchev–Trinajstić information content (AvgIpc) is 3.04. The van der Waals surface area contributed by atoms with Gasteiger partial charge in [-0.15, -0.1) is 0 Å². The zero-order valence-corrected chi connectivity index (χ0v) is 17.5. The van der Waals surface area contributed by atoms with Crippen LogP contribution in [-0.2, 0) is 0 Å². The number of aromatic carboxylic acids is 1.